The molecule has 158 valence electrons. The summed E-state index contributed by atoms with van der Waals surface area (Å²) >= 11 is 0. The molecule has 30 heavy (non-hydrogen) atoms. The molecule has 1 atom stereocenters. The van der Waals surface area contributed by atoms with Crippen LogP contribution < -0.4 is 15.4 Å². The molecule has 8 nitrogen and oxygen atoms in total. The van der Waals surface area contributed by atoms with Crippen LogP contribution in [0.4, 0.5) is 17.2 Å². The Balaban J connectivity index is 1.69. The molecule has 1 aliphatic rings. The molecule has 0 radical (unpaired) electrons. The largest absolute Gasteiger partial charge is 0.472 e. The van der Waals surface area contributed by atoms with Crippen molar-refractivity contribution in [3.63, 3.8) is 0 Å². The van der Waals surface area contributed by atoms with E-state index in [1.807, 2.05) is 31.2 Å². The predicted octanol–water partition coefficient (Wildman–Crippen LogP) is 3.57. The molecular weight excluding hydrogens is 400 g/mol. The first-order valence-corrected chi connectivity index (χ1v) is 12.2. The Morgan fingerprint density at radius 2 is 2.13 bits per heavy atom. The van der Waals surface area contributed by atoms with Crippen LogP contribution in [-0.4, -0.2) is 50.9 Å². The van der Waals surface area contributed by atoms with Crippen LogP contribution in [0.1, 0.15) is 18.4 Å². The van der Waals surface area contributed by atoms with Gasteiger partial charge in [0.05, 0.1) is 11.2 Å². The number of aromatic nitrogens is 3. The molecule has 0 bridgehead atoms. The Morgan fingerprint density at radius 3 is 2.90 bits per heavy atom. The number of anilines is 2. The molecule has 0 amide bonds. The molecular formula is C21H26N6O2S. The monoisotopic (exact) mass is 426 g/mol. The van der Waals surface area contributed by atoms with Crippen LogP contribution in [0.25, 0.3) is 10.9 Å². The minimum absolute atomic E-state index is 0.0974. The maximum absolute atomic E-state index is 12.1. The van der Waals surface area contributed by atoms with E-state index in [0.29, 0.717) is 17.4 Å². The van der Waals surface area contributed by atoms with Crippen molar-refractivity contribution in [3.8, 4) is 5.88 Å². The number of nitrogens with zero attached hydrogens (tertiary/aromatic N) is 4. The second-order valence-corrected chi connectivity index (χ2v) is 10.3. The zero-order chi connectivity index (χ0) is 21.1. The van der Waals surface area contributed by atoms with E-state index in [1.54, 1.807) is 18.7 Å². The number of aryl methyl sites for hydroxylation is 1. The van der Waals surface area contributed by atoms with Gasteiger partial charge in [-0.1, -0.05) is 0 Å². The molecule has 0 aliphatic carbocycles. The minimum atomic E-state index is -2.25. The number of rotatable bonds is 5. The van der Waals surface area contributed by atoms with Crippen molar-refractivity contribution < 1.29 is 8.95 Å². The highest BCUT2D eigenvalue weighted by Crippen LogP contribution is 2.32. The fourth-order valence-electron chi connectivity index (χ4n) is 3.56. The maximum Gasteiger partial charge on any atom is 0.238 e. The van der Waals surface area contributed by atoms with E-state index < -0.39 is 9.73 Å². The van der Waals surface area contributed by atoms with Gasteiger partial charge in [-0.3, -0.25) is 0 Å². The molecule has 2 N–H and O–H groups in total. The van der Waals surface area contributed by atoms with Gasteiger partial charge in [-0.25, -0.2) is 19.2 Å². The normalized spacial score (nSPS) is 17.0. The lowest BCUT2D eigenvalue weighted by atomic mass is 10.1. The molecule has 9 heteroatoms. The lowest BCUT2D eigenvalue weighted by molar-refractivity contribution is 0.161. The minimum Gasteiger partial charge on any atom is -0.472 e. The van der Waals surface area contributed by atoms with E-state index >= 15 is 0 Å². The third kappa shape index (κ3) is 4.85. The molecule has 0 saturated carbocycles. The van der Waals surface area contributed by atoms with Crippen molar-refractivity contribution in [2.75, 3.05) is 30.9 Å². The van der Waals surface area contributed by atoms with Crippen LogP contribution >= 0.6 is 0 Å². The highest BCUT2D eigenvalue weighted by Gasteiger charge is 2.18. The Bertz CT molecular complexity index is 1180. The molecule has 1 aromatic carbocycles. The second kappa shape index (κ2) is 8.53. The third-order valence-corrected chi connectivity index (χ3v) is 5.45. The molecule has 1 aliphatic heterocycles. The predicted molar refractivity (Wildman–Crippen MR) is 120 cm³/mol. The maximum atomic E-state index is 12.1. The van der Waals surface area contributed by atoms with Crippen LogP contribution in [0.3, 0.4) is 0 Å². The fourth-order valence-corrected chi connectivity index (χ4v) is 4.17. The first-order chi connectivity index (χ1) is 14.4. The van der Waals surface area contributed by atoms with Gasteiger partial charge >= 0.3 is 0 Å². The number of hydrogen-bond donors (Lipinski definition) is 2. The third-order valence-electron chi connectivity index (χ3n) is 4.80. The second-order valence-electron chi connectivity index (χ2n) is 7.72. The summed E-state index contributed by atoms with van der Waals surface area (Å²) in [7, 11) is -2.25. The average Bonchev–Trinajstić information content (AvgIpc) is 2.69. The van der Waals surface area contributed by atoms with Crippen molar-refractivity contribution in [1.29, 1.82) is 0 Å². The zero-order valence-corrected chi connectivity index (χ0v) is 18.2. The summed E-state index contributed by atoms with van der Waals surface area (Å²) in [6, 6.07) is 7.52. The standard InChI is InChI=1S/C21H26N6O2S/c1-14-10-15(27-30(2,3)28)11-18-19(14)20(25-13-24-18)26-17-7-5-9-23-21(17)29-16-6-4-8-22-12-16/h5,7,9-11,13,16,22H,4,6,8,12H2,1-3H3,(H,24,25,26)/t16-/m0/s1. The van der Waals surface area contributed by atoms with E-state index in [1.165, 1.54) is 6.33 Å². The van der Waals surface area contributed by atoms with Crippen molar-refractivity contribution >= 4 is 37.8 Å². The molecule has 4 rings (SSSR count). The molecule has 0 spiro atoms. The number of piperidine rings is 1. The first kappa shape index (κ1) is 20.5. The molecule has 1 fully saturated rings. The van der Waals surface area contributed by atoms with E-state index in [2.05, 4.69) is 29.9 Å². The van der Waals surface area contributed by atoms with Crippen LogP contribution in [0.15, 0.2) is 41.2 Å². The average molecular weight is 427 g/mol. The van der Waals surface area contributed by atoms with Gasteiger partial charge in [-0.15, -0.1) is 0 Å². The number of benzene rings is 1. The molecule has 0 unspecified atom stereocenters. The van der Waals surface area contributed by atoms with Gasteiger partial charge in [-0.2, -0.15) is 4.36 Å². The van der Waals surface area contributed by atoms with Crippen LogP contribution in [0.5, 0.6) is 5.88 Å². The topological polar surface area (TPSA) is 101 Å². The highest BCUT2D eigenvalue weighted by atomic mass is 32.2. The lowest BCUT2D eigenvalue weighted by Gasteiger charge is -2.24. The summed E-state index contributed by atoms with van der Waals surface area (Å²) in [5.74, 6) is 1.22. The van der Waals surface area contributed by atoms with Crippen molar-refractivity contribution in [2.24, 2.45) is 4.36 Å². The lowest BCUT2D eigenvalue weighted by Crippen LogP contribution is -2.37. The molecule has 3 heterocycles. The summed E-state index contributed by atoms with van der Waals surface area (Å²) in [5.41, 5.74) is 3.08. The van der Waals surface area contributed by atoms with Crippen molar-refractivity contribution in [3.05, 3.63) is 42.4 Å². The van der Waals surface area contributed by atoms with Crippen LogP contribution in [0, 0.1) is 6.92 Å². The quantitative estimate of drug-likeness (QED) is 0.643. The summed E-state index contributed by atoms with van der Waals surface area (Å²) in [6.45, 7) is 3.81. The molecule has 1 saturated heterocycles. The fraction of sp³-hybridized carbons (Fsp3) is 0.381. The van der Waals surface area contributed by atoms with E-state index in [9.17, 15) is 4.21 Å². The van der Waals surface area contributed by atoms with Gasteiger partial charge in [0, 0.05) is 40.4 Å². The van der Waals surface area contributed by atoms with Gasteiger partial charge < -0.3 is 15.4 Å². The summed E-state index contributed by atoms with van der Waals surface area (Å²) < 4.78 is 22.5. The Kier molecular flexibility index (Phi) is 5.83. The summed E-state index contributed by atoms with van der Waals surface area (Å²) in [5, 5.41) is 7.60. The van der Waals surface area contributed by atoms with E-state index in [-0.39, 0.29) is 6.10 Å². The van der Waals surface area contributed by atoms with Crippen LogP contribution in [-0.2, 0) is 9.73 Å². The van der Waals surface area contributed by atoms with Crippen molar-refractivity contribution in [1.82, 2.24) is 20.3 Å². The smallest absolute Gasteiger partial charge is 0.238 e. The SMILES string of the molecule is Cc1cc(N=S(C)(C)=O)cc2ncnc(Nc3cccnc3O[C@H]3CCCNC3)c12. The first-order valence-electron chi connectivity index (χ1n) is 9.91. The van der Waals surface area contributed by atoms with Gasteiger partial charge in [0.1, 0.15) is 23.9 Å². The number of ether oxygens (including phenoxy) is 1. The van der Waals surface area contributed by atoms with Gasteiger partial charge in [0.25, 0.3) is 0 Å². The van der Waals surface area contributed by atoms with Crippen molar-refractivity contribution in [2.45, 2.75) is 25.9 Å². The summed E-state index contributed by atoms with van der Waals surface area (Å²) in [6.07, 6.45) is 8.65. The zero-order valence-electron chi connectivity index (χ0n) is 17.4. The molecule has 2 aromatic heterocycles. The van der Waals surface area contributed by atoms with Gasteiger partial charge in [0.2, 0.25) is 5.88 Å². The number of nitrogens with one attached hydrogen (secondary N) is 2. The Hall–Kier alpha value is -2.78. The van der Waals surface area contributed by atoms with E-state index in [0.717, 1.165) is 48.1 Å². The highest BCUT2D eigenvalue weighted by molar-refractivity contribution is 7.92. The van der Waals surface area contributed by atoms with E-state index in [4.69, 9.17) is 4.74 Å². The number of hydrogen-bond acceptors (Lipinski definition) is 8. The van der Waals surface area contributed by atoms with Gasteiger partial charge in [0.15, 0.2) is 0 Å². The number of fused-ring (bicyclic) bond motifs is 1. The Labute approximate surface area is 176 Å². The molecule has 3 aromatic rings. The van der Waals surface area contributed by atoms with Gasteiger partial charge in [-0.05, 0) is 56.1 Å². The van der Waals surface area contributed by atoms with Crippen LogP contribution in [0.2, 0.25) is 0 Å². The Morgan fingerprint density at radius 1 is 1.27 bits per heavy atom. The summed E-state index contributed by atoms with van der Waals surface area (Å²) in [4.78, 5) is 13.3. The number of pyridine rings is 1.